The molecule has 1 saturated heterocycles. The van der Waals surface area contributed by atoms with Gasteiger partial charge in [0.15, 0.2) is 0 Å². The molecule has 2 N–H and O–H groups in total. The predicted octanol–water partition coefficient (Wildman–Crippen LogP) is 2.13. The summed E-state index contributed by atoms with van der Waals surface area (Å²) < 4.78 is 26.8. The SMILES string of the molecule is CSC1(C(N)=S)CCN(S(=O)(=O)C2CCCCC2)CC1. The minimum Gasteiger partial charge on any atom is -0.392 e. The fraction of sp³-hybridized carbons (Fsp3) is 0.923. The Labute approximate surface area is 131 Å². The zero-order valence-corrected chi connectivity index (χ0v) is 14.5. The van der Waals surface area contributed by atoms with Crippen LogP contribution in [0, 0.1) is 0 Å². The van der Waals surface area contributed by atoms with Gasteiger partial charge in [-0.05, 0) is 31.9 Å². The molecule has 7 heteroatoms. The van der Waals surface area contributed by atoms with E-state index in [9.17, 15) is 8.42 Å². The van der Waals surface area contributed by atoms with Crippen LogP contribution in [0.2, 0.25) is 0 Å². The summed E-state index contributed by atoms with van der Waals surface area (Å²) in [5, 5.41) is -0.164. The molecule has 4 nitrogen and oxygen atoms in total. The zero-order valence-electron chi connectivity index (χ0n) is 12.0. The van der Waals surface area contributed by atoms with Crippen molar-refractivity contribution in [3.63, 3.8) is 0 Å². The quantitative estimate of drug-likeness (QED) is 0.797. The van der Waals surface area contributed by atoms with E-state index in [4.69, 9.17) is 18.0 Å². The second-order valence-corrected chi connectivity index (χ2v) is 9.61. The van der Waals surface area contributed by atoms with Crippen molar-refractivity contribution in [1.82, 2.24) is 4.31 Å². The minimum absolute atomic E-state index is 0.164. The molecule has 116 valence electrons. The van der Waals surface area contributed by atoms with Crippen LogP contribution < -0.4 is 5.73 Å². The van der Waals surface area contributed by atoms with Gasteiger partial charge in [0.25, 0.3) is 0 Å². The maximum Gasteiger partial charge on any atom is 0.216 e. The first-order chi connectivity index (χ1) is 9.42. The second-order valence-electron chi connectivity index (χ2n) is 5.77. The van der Waals surface area contributed by atoms with Gasteiger partial charge in [-0.2, -0.15) is 11.8 Å². The smallest absolute Gasteiger partial charge is 0.216 e. The molecular weight excluding hydrogens is 312 g/mol. The Bertz CT molecular complexity index is 450. The van der Waals surface area contributed by atoms with Crippen LogP contribution in [0.1, 0.15) is 44.9 Å². The van der Waals surface area contributed by atoms with Crippen molar-refractivity contribution in [3.05, 3.63) is 0 Å². The Balaban J connectivity index is 2.04. The van der Waals surface area contributed by atoms with Gasteiger partial charge >= 0.3 is 0 Å². The lowest BCUT2D eigenvalue weighted by Gasteiger charge is -2.40. The lowest BCUT2D eigenvalue weighted by atomic mass is 9.97. The molecule has 2 aliphatic rings. The summed E-state index contributed by atoms with van der Waals surface area (Å²) in [6.07, 6.45) is 8.36. The van der Waals surface area contributed by atoms with Crippen molar-refractivity contribution >= 4 is 39.0 Å². The van der Waals surface area contributed by atoms with E-state index in [0.29, 0.717) is 18.1 Å². The summed E-state index contributed by atoms with van der Waals surface area (Å²) in [7, 11) is -3.13. The minimum atomic E-state index is -3.13. The molecule has 0 aromatic carbocycles. The highest BCUT2D eigenvalue weighted by Gasteiger charge is 2.41. The van der Waals surface area contributed by atoms with Gasteiger partial charge in [0.05, 0.1) is 15.0 Å². The first-order valence-electron chi connectivity index (χ1n) is 7.26. The normalized spacial score (nSPS) is 25.4. The average molecular weight is 337 g/mol. The van der Waals surface area contributed by atoms with Crippen molar-refractivity contribution < 1.29 is 8.42 Å². The molecule has 1 aliphatic heterocycles. The number of sulfonamides is 1. The van der Waals surface area contributed by atoms with Gasteiger partial charge < -0.3 is 5.73 Å². The molecule has 1 aliphatic carbocycles. The van der Waals surface area contributed by atoms with Gasteiger partial charge in [0.1, 0.15) is 0 Å². The lowest BCUT2D eigenvalue weighted by molar-refractivity contribution is 0.323. The van der Waals surface area contributed by atoms with E-state index in [1.165, 1.54) is 6.42 Å². The number of hydrogen-bond acceptors (Lipinski definition) is 4. The van der Waals surface area contributed by atoms with E-state index in [0.717, 1.165) is 38.5 Å². The van der Waals surface area contributed by atoms with Gasteiger partial charge in [0, 0.05) is 13.1 Å². The number of nitrogens with zero attached hydrogens (tertiary/aromatic N) is 1. The molecular formula is C13H24N2O2S3. The second kappa shape index (κ2) is 6.50. The van der Waals surface area contributed by atoms with Crippen LogP contribution in [0.25, 0.3) is 0 Å². The number of thiocarbonyl (C=S) groups is 1. The van der Waals surface area contributed by atoms with E-state index in [1.807, 2.05) is 6.26 Å². The predicted molar refractivity (Wildman–Crippen MR) is 89.6 cm³/mol. The fourth-order valence-corrected chi connectivity index (χ4v) is 6.52. The van der Waals surface area contributed by atoms with E-state index >= 15 is 0 Å². The largest absolute Gasteiger partial charge is 0.392 e. The molecule has 0 spiro atoms. The maximum absolute atomic E-state index is 12.7. The number of nitrogens with two attached hydrogens (primary N) is 1. The first kappa shape index (κ1) is 16.5. The molecule has 2 fully saturated rings. The summed E-state index contributed by atoms with van der Waals surface area (Å²) in [5.74, 6) is 0. The third-order valence-electron chi connectivity index (χ3n) is 4.70. The molecule has 0 atom stereocenters. The van der Waals surface area contributed by atoms with Crippen LogP contribution in [0.3, 0.4) is 0 Å². The fourth-order valence-electron chi connectivity index (χ4n) is 3.23. The molecule has 0 aromatic rings. The van der Waals surface area contributed by atoms with E-state index < -0.39 is 10.0 Å². The molecule has 1 heterocycles. The van der Waals surface area contributed by atoms with Crippen LogP contribution in [0.15, 0.2) is 0 Å². The summed E-state index contributed by atoms with van der Waals surface area (Å²) in [4.78, 5) is 0.514. The van der Waals surface area contributed by atoms with Crippen LogP contribution in [0.5, 0.6) is 0 Å². The Hall–Kier alpha value is 0.150. The topological polar surface area (TPSA) is 63.4 Å². The van der Waals surface area contributed by atoms with Crippen molar-refractivity contribution in [2.24, 2.45) is 5.73 Å². The van der Waals surface area contributed by atoms with E-state index in [1.54, 1.807) is 16.1 Å². The standard InChI is InChI=1S/C13H24N2O2S3/c1-19-13(12(14)18)7-9-15(10-8-13)20(16,17)11-5-3-2-4-6-11/h11H,2-10H2,1H3,(H2,14,18). The molecule has 2 rings (SSSR count). The zero-order chi connectivity index (χ0) is 14.8. The highest BCUT2D eigenvalue weighted by atomic mass is 32.2. The van der Waals surface area contributed by atoms with Crippen molar-refractivity contribution in [3.8, 4) is 0 Å². The molecule has 0 bridgehead atoms. The average Bonchev–Trinajstić information content (AvgIpc) is 2.48. The van der Waals surface area contributed by atoms with Crippen molar-refractivity contribution in [1.29, 1.82) is 0 Å². The third-order valence-corrected chi connectivity index (χ3v) is 9.03. The van der Waals surface area contributed by atoms with Gasteiger partial charge in [0.2, 0.25) is 10.0 Å². The van der Waals surface area contributed by atoms with Crippen LogP contribution in [-0.2, 0) is 10.0 Å². The monoisotopic (exact) mass is 336 g/mol. The molecule has 20 heavy (non-hydrogen) atoms. The highest BCUT2D eigenvalue weighted by molar-refractivity contribution is 8.02. The molecule has 0 radical (unpaired) electrons. The molecule has 0 aromatic heterocycles. The van der Waals surface area contributed by atoms with Crippen LogP contribution in [-0.4, -0.2) is 47.1 Å². The summed E-state index contributed by atoms with van der Waals surface area (Å²) in [6.45, 7) is 1.11. The van der Waals surface area contributed by atoms with Crippen molar-refractivity contribution in [2.45, 2.75) is 54.9 Å². The Kier molecular flexibility index (Phi) is 5.37. The Morgan fingerprint density at radius 2 is 1.80 bits per heavy atom. The molecule has 0 amide bonds. The summed E-state index contributed by atoms with van der Waals surface area (Å²) in [6, 6.07) is 0. The van der Waals surface area contributed by atoms with E-state index in [-0.39, 0.29) is 10.00 Å². The summed E-state index contributed by atoms with van der Waals surface area (Å²) in [5.41, 5.74) is 5.85. The lowest BCUT2D eigenvalue weighted by Crippen LogP contribution is -2.52. The van der Waals surface area contributed by atoms with Gasteiger partial charge in [-0.25, -0.2) is 12.7 Å². The maximum atomic E-state index is 12.7. The highest BCUT2D eigenvalue weighted by Crippen LogP contribution is 2.37. The third kappa shape index (κ3) is 3.15. The van der Waals surface area contributed by atoms with Crippen LogP contribution >= 0.6 is 24.0 Å². The van der Waals surface area contributed by atoms with Gasteiger partial charge in [-0.15, -0.1) is 0 Å². The van der Waals surface area contributed by atoms with E-state index in [2.05, 4.69) is 0 Å². The number of rotatable bonds is 4. The Morgan fingerprint density at radius 1 is 1.25 bits per heavy atom. The number of piperidine rings is 1. The van der Waals surface area contributed by atoms with Crippen molar-refractivity contribution in [2.75, 3.05) is 19.3 Å². The van der Waals surface area contributed by atoms with Gasteiger partial charge in [-0.1, -0.05) is 31.5 Å². The number of thioether (sulfide) groups is 1. The first-order valence-corrected chi connectivity index (χ1v) is 10.4. The number of hydrogen-bond donors (Lipinski definition) is 1. The Morgan fingerprint density at radius 3 is 2.25 bits per heavy atom. The van der Waals surface area contributed by atoms with Gasteiger partial charge in [-0.3, -0.25) is 0 Å². The molecule has 0 unspecified atom stereocenters. The molecule has 1 saturated carbocycles. The van der Waals surface area contributed by atoms with Crippen LogP contribution in [0.4, 0.5) is 0 Å². The summed E-state index contributed by atoms with van der Waals surface area (Å²) >= 11 is 6.83.